The lowest BCUT2D eigenvalue weighted by Gasteiger charge is -2.16. The van der Waals surface area contributed by atoms with Crippen LogP contribution < -0.4 is 14.8 Å². The number of nitrogens with one attached hydrogen (secondary N) is 1. The van der Waals surface area contributed by atoms with E-state index in [2.05, 4.69) is 15.3 Å². The first kappa shape index (κ1) is 17.6. The number of rotatable bonds is 5. The Bertz CT molecular complexity index is 961. The standard InChI is InChI=1S/C19H19N3O4/c1-10(2)11-5-16(24)14(7-15(11)23)22-19-12-6-17(25-3)18(26-4)8-13(12)20-9-21-19/h5-10H,1-4H3,(H,20,21,22). The van der Waals surface area contributed by atoms with Gasteiger partial charge in [0.2, 0.25) is 5.78 Å². The third-order valence-electron chi connectivity index (χ3n) is 4.13. The maximum Gasteiger partial charge on any atom is 0.202 e. The van der Waals surface area contributed by atoms with Crippen molar-refractivity contribution in [3.8, 4) is 11.5 Å². The molecule has 7 heteroatoms. The highest BCUT2D eigenvalue weighted by Gasteiger charge is 2.23. The molecule has 0 atom stereocenters. The topological polar surface area (TPSA) is 90.4 Å². The number of anilines is 1. The van der Waals surface area contributed by atoms with Gasteiger partial charge in [0, 0.05) is 23.1 Å². The van der Waals surface area contributed by atoms with Crippen LogP contribution in [0.1, 0.15) is 13.8 Å². The molecule has 0 amide bonds. The van der Waals surface area contributed by atoms with E-state index in [1.165, 1.54) is 25.6 Å². The Morgan fingerprint density at radius 3 is 2.31 bits per heavy atom. The van der Waals surface area contributed by atoms with Crippen molar-refractivity contribution in [3.05, 3.63) is 41.9 Å². The summed E-state index contributed by atoms with van der Waals surface area (Å²) in [5, 5.41) is 3.59. The lowest BCUT2D eigenvalue weighted by molar-refractivity contribution is -0.115. The molecule has 0 radical (unpaired) electrons. The fourth-order valence-electron chi connectivity index (χ4n) is 2.73. The van der Waals surface area contributed by atoms with E-state index < -0.39 is 0 Å². The molecule has 2 aromatic rings. The number of carbonyl (C=O) groups excluding carboxylic acids is 2. The van der Waals surface area contributed by atoms with Gasteiger partial charge in [0.1, 0.15) is 12.1 Å². The van der Waals surface area contributed by atoms with Gasteiger partial charge in [-0.1, -0.05) is 13.8 Å². The number of benzene rings is 1. The van der Waals surface area contributed by atoms with Crippen LogP contribution in [-0.4, -0.2) is 35.8 Å². The number of nitrogens with zero attached hydrogens (tertiary/aromatic N) is 2. The molecule has 0 unspecified atom stereocenters. The summed E-state index contributed by atoms with van der Waals surface area (Å²) >= 11 is 0. The molecule has 0 spiro atoms. The van der Waals surface area contributed by atoms with E-state index in [1.807, 2.05) is 13.8 Å². The quantitative estimate of drug-likeness (QED) is 0.826. The second kappa shape index (κ2) is 6.95. The van der Waals surface area contributed by atoms with Gasteiger partial charge in [-0.05, 0) is 18.1 Å². The molecule has 1 aliphatic rings. The number of methoxy groups -OCH3 is 2. The fraction of sp³-hybridized carbons (Fsp3) is 0.263. The molecular weight excluding hydrogens is 334 g/mol. The molecule has 26 heavy (non-hydrogen) atoms. The first-order valence-electron chi connectivity index (χ1n) is 8.10. The minimum absolute atomic E-state index is 0.0131. The monoisotopic (exact) mass is 353 g/mol. The van der Waals surface area contributed by atoms with Crippen LogP contribution in [0.2, 0.25) is 0 Å². The Labute approximate surface area is 150 Å². The lowest BCUT2D eigenvalue weighted by atomic mass is 9.92. The van der Waals surface area contributed by atoms with Crippen LogP contribution in [0.15, 0.2) is 41.9 Å². The van der Waals surface area contributed by atoms with Crippen molar-refractivity contribution in [1.82, 2.24) is 9.97 Å². The number of hydrogen-bond acceptors (Lipinski definition) is 7. The van der Waals surface area contributed by atoms with Crippen LogP contribution in [-0.2, 0) is 9.59 Å². The molecule has 0 aliphatic heterocycles. The number of aromatic nitrogens is 2. The van der Waals surface area contributed by atoms with Crippen LogP contribution in [0.4, 0.5) is 5.82 Å². The largest absolute Gasteiger partial charge is 0.493 e. The van der Waals surface area contributed by atoms with Crippen LogP contribution >= 0.6 is 0 Å². The summed E-state index contributed by atoms with van der Waals surface area (Å²) in [6.45, 7) is 3.75. The Morgan fingerprint density at radius 2 is 1.65 bits per heavy atom. The SMILES string of the molecule is COc1cc2ncnc(NC3=CC(=O)C(C(C)C)=CC3=O)c2cc1OC. The van der Waals surface area contributed by atoms with Gasteiger partial charge in [-0.15, -0.1) is 0 Å². The van der Waals surface area contributed by atoms with E-state index in [9.17, 15) is 9.59 Å². The predicted molar refractivity (Wildman–Crippen MR) is 97.3 cm³/mol. The Hall–Kier alpha value is -3.22. The highest BCUT2D eigenvalue weighted by Crippen LogP contribution is 2.34. The third-order valence-corrected chi connectivity index (χ3v) is 4.13. The van der Waals surface area contributed by atoms with Crippen LogP contribution in [0.3, 0.4) is 0 Å². The van der Waals surface area contributed by atoms with E-state index in [0.717, 1.165) is 0 Å². The molecule has 134 valence electrons. The van der Waals surface area contributed by atoms with Gasteiger partial charge in [0.25, 0.3) is 0 Å². The van der Waals surface area contributed by atoms with E-state index in [-0.39, 0.29) is 23.2 Å². The molecular formula is C19H19N3O4. The van der Waals surface area contributed by atoms with Crippen molar-refractivity contribution in [2.45, 2.75) is 13.8 Å². The molecule has 0 fully saturated rings. The first-order valence-corrected chi connectivity index (χ1v) is 8.10. The van der Waals surface area contributed by atoms with E-state index in [4.69, 9.17) is 9.47 Å². The Balaban J connectivity index is 2.01. The minimum Gasteiger partial charge on any atom is -0.493 e. The van der Waals surface area contributed by atoms with Crippen molar-refractivity contribution < 1.29 is 19.1 Å². The maximum absolute atomic E-state index is 12.4. The van der Waals surface area contributed by atoms with Gasteiger partial charge < -0.3 is 14.8 Å². The smallest absolute Gasteiger partial charge is 0.202 e. The van der Waals surface area contributed by atoms with Gasteiger partial charge >= 0.3 is 0 Å². The molecule has 0 saturated heterocycles. The number of carbonyl (C=O) groups is 2. The summed E-state index contributed by atoms with van der Waals surface area (Å²) in [6.07, 6.45) is 4.07. The van der Waals surface area contributed by atoms with Crippen molar-refractivity contribution in [3.63, 3.8) is 0 Å². The van der Waals surface area contributed by atoms with Gasteiger partial charge in [0.05, 0.1) is 25.4 Å². The number of hydrogen-bond donors (Lipinski definition) is 1. The van der Waals surface area contributed by atoms with Crippen molar-refractivity contribution in [1.29, 1.82) is 0 Å². The first-order chi connectivity index (χ1) is 12.4. The molecule has 1 aromatic carbocycles. The summed E-state index contributed by atoms with van der Waals surface area (Å²) in [7, 11) is 3.07. The molecule has 1 aliphatic carbocycles. The van der Waals surface area contributed by atoms with E-state index in [1.54, 1.807) is 19.2 Å². The third kappa shape index (κ3) is 3.15. The maximum atomic E-state index is 12.4. The number of fused-ring (bicyclic) bond motifs is 1. The number of ether oxygens (including phenoxy) is 2. The zero-order valence-electron chi connectivity index (χ0n) is 15.0. The van der Waals surface area contributed by atoms with Crippen molar-refractivity contribution in [2.75, 3.05) is 19.5 Å². The second-order valence-corrected chi connectivity index (χ2v) is 6.11. The Kier molecular flexibility index (Phi) is 4.71. The van der Waals surface area contributed by atoms with E-state index >= 15 is 0 Å². The molecule has 0 saturated carbocycles. The van der Waals surface area contributed by atoms with Crippen molar-refractivity contribution >= 4 is 28.3 Å². The van der Waals surface area contributed by atoms with Crippen LogP contribution in [0.5, 0.6) is 11.5 Å². The molecule has 1 heterocycles. The highest BCUT2D eigenvalue weighted by atomic mass is 16.5. The minimum atomic E-state index is -0.263. The highest BCUT2D eigenvalue weighted by molar-refractivity contribution is 6.21. The van der Waals surface area contributed by atoms with Gasteiger partial charge in [-0.25, -0.2) is 9.97 Å². The van der Waals surface area contributed by atoms with Crippen LogP contribution in [0.25, 0.3) is 10.9 Å². The molecule has 0 bridgehead atoms. The van der Waals surface area contributed by atoms with E-state index in [0.29, 0.717) is 33.8 Å². The average molecular weight is 353 g/mol. The molecule has 1 aromatic heterocycles. The molecule has 1 N–H and O–H groups in total. The van der Waals surface area contributed by atoms with Gasteiger partial charge in [-0.2, -0.15) is 0 Å². The molecule has 3 rings (SSSR count). The Morgan fingerprint density at radius 1 is 0.962 bits per heavy atom. The zero-order valence-corrected chi connectivity index (χ0v) is 15.0. The summed E-state index contributed by atoms with van der Waals surface area (Å²) in [5.74, 6) is 1.00. The summed E-state index contributed by atoms with van der Waals surface area (Å²) in [4.78, 5) is 33.0. The summed E-state index contributed by atoms with van der Waals surface area (Å²) < 4.78 is 10.6. The number of ketones is 2. The summed E-state index contributed by atoms with van der Waals surface area (Å²) in [5.41, 5.74) is 1.29. The fourth-order valence-corrected chi connectivity index (χ4v) is 2.73. The second-order valence-electron chi connectivity index (χ2n) is 6.11. The van der Waals surface area contributed by atoms with Gasteiger partial charge in [0.15, 0.2) is 17.3 Å². The lowest BCUT2D eigenvalue weighted by Crippen LogP contribution is -2.21. The molecule has 7 nitrogen and oxygen atoms in total. The normalized spacial score (nSPS) is 14.3. The van der Waals surface area contributed by atoms with Crippen molar-refractivity contribution in [2.24, 2.45) is 5.92 Å². The number of allylic oxidation sites excluding steroid dienone is 3. The van der Waals surface area contributed by atoms with Gasteiger partial charge in [-0.3, -0.25) is 9.59 Å². The van der Waals surface area contributed by atoms with Crippen LogP contribution in [0, 0.1) is 5.92 Å². The zero-order chi connectivity index (χ0) is 18.8. The predicted octanol–water partition coefficient (Wildman–Crippen LogP) is 2.68. The average Bonchev–Trinajstić information content (AvgIpc) is 2.63. The summed E-state index contributed by atoms with van der Waals surface area (Å²) in [6, 6.07) is 3.45.